The number of aliphatic hydroxyl groups is 1. The summed E-state index contributed by atoms with van der Waals surface area (Å²) < 4.78 is 1.05. The van der Waals surface area contributed by atoms with Crippen LogP contribution in [-0.2, 0) is 11.3 Å². The molecule has 0 saturated carbocycles. The molecule has 0 aliphatic rings. The molecule has 0 bridgehead atoms. The summed E-state index contributed by atoms with van der Waals surface area (Å²) in [5.41, 5.74) is 4.28. The molecule has 0 saturated heterocycles. The average molecular weight is 172 g/mol. The Kier molecular flexibility index (Phi) is 2.24. The van der Waals surface area contributed by atoms with Crippen molar-refractivity contribution >= 4 is 5.91 Å². The maximum absolute atomic E-state index is 10.8. The first kappa shape index (κ1) is 8.47. The molecule has 1 unspecified atom stereocenters. The molecule has 1 aromatic heterocycles. The number of carbonyl (C=O) groups is 1. The van der Waals surface area contributed by atoms with E-state index in [1.54, 1.807) is 0 Å². The van der Waals surface area contributed by atoms with E-state index in [4.69, 9.17) is 10.8 Å². The number of hydrogen-bond acceptors (Lipinski definition) is 4. The Balaban J connectivity index is 2.70. The first-order valence-electron chi connectivity index (χ1n) is 3.18. The van der Waals surface area contributed by atoms with Crippen molar-refractivity contribution < 1.29 is 9.90 Å². The van der Waals surface area contributed by atoms with E-state index in [-0.39, 0.29) is 6.54 Å². The van der Waals surface area contributed by atoms with Crippen LogP contribution in [-0.4, -0.2) is 31.9 Å². The van der Waals surface area contributed by atoms with Crippen LogP contribution in [0.5, 0.6) is 0 Å². The minimum absolute atomic E-state index is 0.176. The fraction of sp³-hybridized carbons (Fsp3) is 0.400. The van der Waals surface area contributed by atoms with Gasteiger partial charge in [0.25, 0.3) is 0 Å². The summed E-state index contributed by atoms with van der Waals surface area (Å²) in [6.45, 7) is -0.176. The van der Waals surface area contributed by atoms with Gasteiger partial charge in [-0.05, 0) is 0 Å². The first-order chi connectivity index (χ1) is 5.61. The van der Waals surface area contributed by atoms with Crippen molar-refractivity contribution in [1.82, 2.24) is 14.8 Å². The van der Waals surface area contributed by atoms with Gasteiger partial charge in [-0.1, -0.05) is 0 Å². The standard InChI is InChI=1S/C5H8N4O3/c6-4(11)3(10)1-9-2-7-8-5(9)12/h2-3,10H,1H2,(H2,6,11)(H,8,12). The van der Waals surface area contributed by atoms with E-state index in [9.17, 15) is 9.59 Å². The average Bonchev–Trinajstić information content (AvgIpc) is 2.36. The molecule has 66 valence electrons. The number of carbonyl (C=O) groups excluding carboxylic acids is 1. The predicted molar refractivity (Wildman–Crippen MR) is 38.0 cm³/mol. The molecule has 1 atom stereocenters. The molecule has 4 N–H and O–H groups in total. The normalized spacial score (nSPS) is 12.8. The van der Waals surface area contributed by atoms with Gasteiger partial charge in [0.05, 0.1) is 6.54 Å². The van der Waals surface area contributed by atoms with Crippen molar-refractivity contribution in [2.45, 2.75) is 12.6 Å². The maximum Gasteiger partial charge on any atom is 0.343 e. The highest BCUT2D eigenvalue weighted by atomic mass is 16.3. The summed E-state index contributed by atoms with van der Waals surface area (Å²) in [5, 5.41) is 14.5. The third kappa shape index (κ3) is 1.70. The smallest absolute Gasteiger partial charge is 0.343 e. The van der Waals surface area contributed by atoms with E-state index >= 15 is 0 Å². The van der Waals surface area contributed by atoms with Crippen molar-refractivity contribution in [3.8, 4) is 0 Å². The highest BCUT2D eigenvalue weighted by Crippen LogP contribution is 1.85. The zero-order valence-electron chi connectivity index (χ0n) is 6.10. The number of aliphatic hydroxyl groups excluding tert-OH is 1. The summed E-state index contributed by atoms with van der Waals surface area (Å²) in [6, 6.07) is 0. The van der Waals surface area contributed by atoms with Crippen LogP contribution < -0.4 is 11.4 Å². The Labute approximate surface area is 66.8 Å². The number of primary amides is 1. The summed E-state index contributed by atoms with van der Waals surface area (Å²) >= 11 is 0. The number of nitrogens with two attached hydrogens (primary N) is 1. The van der Waals surface area contributed by atoms with Crippen molar-refractivity contribution in [3.05, 3.63) is 16.8 Å². The lowest BCUT2D eigenvalue weighted by Crippen LogP contribution is -2.34. The number of nitrogens with one attached hydrogen (secondary N) is 1. The second-order valence-electron chi connectivity index (χ2n) is 2.23. The molecular weight excluding hydrogens is 164 g/mol. The van der Waals surface area contributed by atoms with E-state index in [0.717, 1.165) is 4.57 Å². The quantitative estimate of drug-likeness (QED) is 0.464. The Morgan fingerprint density at radius 3 is 3.00 bits per heavy atom. The van der Waals surface area contributed by atoms with E-state index in [1.165, 1.54) is 6.33 Å². The summed E-state index contributed by atoms with van der Waals surface area (Å²) in [7, 11) is 0. The van der Waals surface area contributed by atoms with Crippen LogP contribution in [0.15, 0.2) is 11.1 Å². The Morgan fingerprint density at radius 1 is 1.92 bits per heavy atom. The van der Waals surface area contributed by atoms with Gasteiger partial charge in [0.2, 0.25) is 5.91 Å². The third-order valence-corrected chi connectivity index (χ3v) is 1.32. The van der Waals surface area contributed by atoms with Crippen molar-refractivity contribution in [2.75, 3.05) is 0 Å². The predicted octanol–water partition coefficient (Wildman–Crippen LogP) is -2.58. The zero-order valence-corrected chi connectivity index (χ0v) is 6.10. The molecule has 0 aliphatic carbocycles. The van der Waals surface area contributed by atoms with E-state index in [0.29, 0.717) is 0 Å². The summed E-state index contributed by atoms with van der Waals surface area (Å²) in [6.07, 6.45) is -0.186. The van der Waals surface area contributed by atoms with Gasteiger partial charge in [0.15, 0.2) is 6.10 Å². The van der Waals surface area contributed by atoms with E-state index in [2.05, 4.69) is 10.2 Å². The number of hydrogen-bond donors (Lipinski definition) is 3. The van der Waals surface area contributed by atoms with Gasteiger partial charge < -0.3 is 10.8 Å². The topological polar surface area (TPSA) is 114 Å². The number of H-pyrrole nitrogens is 1. The minimum Gasteiger partial charge on any atom is -0.381 e. The Hall–Kier alpha value is -1.63. The molecule has 0 aromatic carbocycles. The van der Waals surface area contributed by atoms with Gasteiger partial charge in [-0.25, -0.2) is 9.89 Å². The highest BCUT2D eigenvalue weighted by Gasteiger charge is 2.12. The molecule has 0 aliphatic heterocycles. The number of aromatic amines is 1. The minimum atomic E-state index is -1.36. The molecule has 0 radical (unpaired) electrons. The number of aromatic nitrogens is 3. The molecule has 1 aromatic rings. The van der Waals surface area contributed by atoms with Crippen LogP contribution in [0.2, 0.25) is 0 Å². The lowest BCUT2D eigenvalue weighted by Gasteiger charge is -2.04. The molecule has 7 heteroatoms. The summed E-state index contributed by atoms with van der Waals surface area (Å²) in [5.74, 6) is -0.872. The van der Waals surface area contributed by atoms with Gasteiger partial charge >= 0.3 is 5.69 Å². The molecular formula is C5H8N4O3. The van der Waals surface area contributed by atoms with Gasteiger partial charge in [-0.3, -0.25) is 9.36 Å². The molecule has 1 heterocycles. The van der Waals surface area contributed by atoms with E-state index in [1.807, 2.05) is 0 Å². The van der Waals surface area contributed by atoms with Gasteiger partial charge in [0.1, 0.15) is 6.33 Å². The molecule has 7 nitrogen and oxygen atoms in total. The lowest BCUT2D eigenvalue weighted by molar-refractivity contribution is -0.126. The van der Waals surface area contributed by atoms with Gasteiger partial charge in [-0.2, -0.15) is 5.10 Å². The van der Waals surface area contributed by atoms with E-state index < -0.39 is 17.7 Å². The number of nitrogens with zero attached hydrogens (tertiary/aromatic N) is 2. The second kappa shape index (κ2) is 3.18. The van der Waals surface area contributed by atoms with Gasteiger partial charge in [-0.15, -0.1) is 0 Å². The van der Waals surface area contributed by atoms with Crippen molar-refractivity contribution in [2.24, 2.45) is 5.73 Å². The van der Waals surface area contributed by atoms with Crippen molar-refractivity contribution in [1.29, 1.82) is 0 Å². The highest BCUT2D eigenvalue weighted by molar-refractivity contribution is 5.78. The molecule has 0 fully saturated rings. The Morgan fingerprint density at radius 2 is 2.58 bits per heavy atom. The van der Waals surface area contributed by atoms with Crippen LogP contribution in [0.3, 0.4) is 0 Å². The molecule has 1 rings (SSSR count). The molecule has 0 spiro atoms. The van der Waals surface area contributed by atoms with Crippen LogP contribution in [0.4, 0.5) is 0 Å². The van der Waals surface area contributed by atoms with Crippen LogP contribution >= 0.6 is 0 Å². The van der Waals surface area contributed by atoms with Crippen LogP contribution in [0, 0.1) is 0 Å². The Bertz CT molecular complexity index is 327. The fourth-order valence-corrected chi connectivity index (χ4v) is 0.677. The first-order valence-corrected chi connectivity index (χ1v) is 3.18. The number of amides is 1. The SMILES string of the molecule is NC(=O)C(O)Cn1cn[nH]c1=O. The molecule has 12 heavy (non-hydrogen) atoms. The number of rotatable bonds is 3. The largest absolute Gasteiger partial charge is 0.381 e. The monoisotopic (exact) mass is 172 g/mol. The fourth-order valence-electron chi connectivity index (χ4n) is 0.677. The van der Waals surface area contributed by atoms with Crippen LogP contribution in [0.25, 0.3) is 0 Å². The lowest BCUT2D eigenvalue weighted by atomic mass is 10.3. The zero-order chi connectivity index (χ0) is 9.14. The van der Waals surface area contributed by atoms with Crippen LogP contribution in [0.1, 0.15) is 0 Å². The maximum atomic E-state index is 10.8. The summed E-state index contributed by atoms with van der Waals surface area (Å²) in [4.78, 5) is 21.1. The second-order valence-corrected chi connectivity index (χ2v) is 2.23. The third-order valence-electron chi connectivity index (χ3n) is 1.32. The van der Waals surface area contributed by atoms with Gasteiger partial charge in [0, 0.05) is 0 Å². The van der Waals surface area contributed by atoms with Crippen molar-refractivity contribution in [3.63, 3.8) is 0 Å². The molecule has 1 amide bonds.